The van der Waals surface area contributed by atoms with Crippen LogP contribution in [0.5, 0.6) is 0 Å². The Kier molecular flexibility index (Phi) is 7.21. The molecule has 0 bridgehead atoms. The number of hydrogen-bond donors (Lipinski definition) is 1. The summed E-state index contributed by atoms with van der Waals surface area (Å²) in [6.07, 6.45) is 0. The minimum absolute atomic E-state index is 0.350. The van der Waals surface area contributed by atoms with Crippen molar-refractivity contribution in [2.24, 2.45) is 5.73 Å². The lowest BCUT2D eigenvalue weighted by Gasteiger charge is -2.12. The molecule has 3 aromatic carbocycles. The predicted octanol–water partition coefficient (Wildman–Crippen LogP) is 4.73. The van der Waals surface area contributed by atoms with Crippen molar-refractivity contribution >= 4 is 16.8 Å². The number of benzene rings is 3. The summed E-state index contributed by atoms with van der Waals surface area (Å²) in [6.45, 7) is 0.640. The predicted molar refractivity (Wildman–Crippen MR) is 99.9 cm³/mol. The fourth-order valence-electron chi connectivity index (χ4n) is 2.36. The minimum Gasteiger partial charge on any atom is -0.326 e. The maximum Gasteiger partial charge on any atom is 0.233 e. The average molecular weight is 338 g/mol. The molecule has 0 saturated carbocycles. The zero-order valence-electron chi connectivity index (χ0n) is 13.3. The van der Waals surface area contributed by atoms with E-state index in [1.54, 1.807) is 0 Å². The third-order valence-corrected chi connectivity index (χ3v) is 3.79. The Morgan fingerprint density at radius 2 is 1.12 bits per heavy atom. The Labute approximate surface area is 147 Å². The van der Waals surface area contributed by atoms with E-state index in [-0.39, 0.29) is 11.2 Å². The van der Waals surface area contributed by atoms with Gasteiger partial charge in [-0.05, 0) is 28.3 Å². The molecule has 0 heterocycles. The van der Waals surface area contributed by atoms with Crippen LogP contribution in [0, 0.1) is 0 Å². The summed E-state index contributed by atoms with van der Waals surface area (Å²) < 4.78 is 0. The molecule has 0 radical (unpaired) electrons. The highest BCUT2D eigenvalue weighted by Crippen LogP contribution is 2.26. The molecule has 3 heteroatoms. The van der Waals surface area contributed by atoms with Gasteiger partial charge in [-0.3, -0.25) is 4.79 Å². The van der Waals surface area contributed by atoms with E-state index in [0.29, 0.717) is 6.54 Å². The summed E-state index contributed by atoms with van der Waals surface area (Å²) in [5.41, 5.74) is 8.39. The summed E-state index contributed by atoms with van der Waals surface area (Å²) in [5, 5.41) is -0.350. The van der Waals surface area contributed by atoms with Crippen molar-refractivity contribution < 1.29 is 4.79 Å². The molecule has 3 rings (SSSR count). The Bertz CT molecular complexity index is 690. The van der Waals surface area contributed by atoms with Crippen LogP contribution in [0.2, 0.25) is 0 Å². The first-order chi connectivity index (χ1) is 11.7. The Morgan fingerprint density at radius 3 is 1.42 bits per heavy atom. The van der Waals surface area contributed by atoms with Gasteiger partial charge in [-0.15, -0.1) is 0 Å². The SMILES string of the molecule is NCc1ccccc1.O=C(Cl)C(c1ccccc1)c1ccccc1. The van der Waals surface area contributed by atoms with E-state index >= 15 is 0 Å². The fourth-order valence-corrected chi connectivity index (χ4v) is 2.61. The summed E-state index contributed by atoms with van der Waals surface area (Å²) >= 11 is 5.67. The molecule has 2 N–H and O–H groups in total. The highest BCUT2D eigenvalue weighted by molar-refractivity contribution is 6.65. The van der Waals surface area contributed by atoms with E-state index < -0.39 is 0 Å². The van der Waals surface area contributed by atoms with Gasteiger partial charge in [0.15, 0.2) is 0 Å². The summed E-state index contributed by atoms with van der Waals surface area (Å²) in [5.74, 6) is -0.371. The molecule has 0 aliphatic heterocycles. The Morgan fingerprint density at radius 1 is 0.750 bits per heavy atom. The lowest BCUT2D eigenvalue weighted by Crippen LogP contribution is -2.08. The van der Waals surface area contributed by atoms with Gasteiger partial charge in [-0.1, -0.05) is 91.0 Å². The van der Waals surface area contributed by atoms with E-state index in [1.807, 2.05) is 91.0 Å². The van der Waals surface area contributed by atoms with Crippen molar-refractivity contribution in [1.82, 2.24) is 0 Å². The van der Waals surface area contributed by atoms with Crippen molar-refractivity contribution in [3.63, 3.8) is 0 Å². The van der Waals surface area contributed by atoms with Crippen LogP contribution in [-0.2, 0) is 11.3 Å². The average Bonchev–Trinajstić information content (AvgIpc) is 2.64. The Balaban J connectivity index is 0.000000219. The van der Waals surface area contributed by atoms with Gasteiger partial charge in [0.2, 0.25) is 5.24 Å². The van der Waals surface area contributed by atoms with E-state index in [1.165, 1.54) is 5.56 Å². The molecule has 2 nitrogen and oxygen atoms in total. The van der Waals surface area contributed by atoms with Crippen molar-refractivity contribution in [1.29, 1.82) is 0 Å². The lowest BCUT2D eigenvalue weighted by molar-refractivity contribution is -0.112. The fraction of sp³-hybridized carbons (Fsp3) is 0.0952. The highest BCUT2D eigenvalue weighted by Gasteiger charge is 2.19. The monoisotopic (exact) mass is 337 g/mol. The van der Waals surface area contributed by atoms with Gasteiger partial charge < -0.3 is 5.73 Å². The molecule has 122 valence electrons. The van der Waals surface area contributed by atoms with Gasteiger partial charge in [-0.25, -0.2) is 0 Å². The van der Waals surface area contributed by atoms with Crippen molar-refractivity contribution in [3.8, 4) is 0 Å². The molecular formula is C21H20ClNO. The molecule has 24 heavy (non-hydrogen) atoms. The normalized spacial score (nSPS) is 9.96. The van der Waals surface area contributed by atoms with Crippen molar-refractivity contribution in [2.75, 3.05) is 0 Å². The van der Waals surface area contributed by atoms with Crippen LogP contribution in [-0.4, -0.2) is 5.24 Å². The van der Waals surface area contributed by atoms with Crippen LogP contribution in [0.15, 0.2) is 91.0 Å². The first-order valence-corrected chi connectivity index (χ1v) is 8.13. The van der Waals surface area contributed by atoms with Crippen LogP contribution in [0.3, 0.4) is 0 Å². The standard InChI is InChI=1S/C14H11ClO.C7H9N/c15-14(16)13(11-7-3-1-4-8-11)12-9-5-2-6-10-12;8-6-7-4-2-1-3-5-7/h1-10,13H;1-5H,6,8H2. The van der Waals surface area contributed by atoms with E-state index in [2.05, 4.69) is 0 Å². The molecule has 0 aliphatic carbocycles. The van der Waals surface area contributed by atoms with E-state index in [0.717, 1.165) is 11.1 Å². The molecule has 0 atom stereocenters. The third kappa shape index (κ3) is 5.34. The van der Waals surface area contributed by atoms with Crippen LogP contribution in [0.4, 0.5) is 0 Å². The Hall–Kier alpha value is -2.42. The number of hydrogen-bond acceptors (Lipinski definition) is 2. The number of carbonyl (C=O) groups excluding carboxylic acids is 1. The van der Waals surface area contributed by atoms with Crippen LogP contribution < -0.4 is 5.73 Å². The topological polar surface area (TPSA) is 43.1 Å². The van der Waals surface area contributed by atoms with Crippen LogP contribution in [0.1, 0.15) is 22.6 Å². The van der Waals surface area contributed by atoms with Gasteiger partial charge in [0.1, 0.15) is 0 Å². The summed E-state index contributed by atoms with van der Waals surface area (Å²) in [7, 11) is 0. The van der Waals surface area contributed by atoms with E-state index in [4.69, 9.17) is 17.3 Å². The second kappa shape index (κ2) is 9.66. The molecule has 0 fully saturated rings. The van der Waals surface area contributed by atoms with Gasteiger partial charge in [0.25, 0.3) is 0 Å². The zero-order chi connectivity index (χ0) is 17.2. The number of carbonyl (C=O) groups is 1. The molecule has 3 aromatic rings. The van der Waals surface area contributed by atoms with E-state index in [9.17, 15) is 4.79 Å². The van der Waals surface area contributed by atoms with Gasteiger partial charge in [-0.2, -0.15) is 0 Å². The second-order valence-corrected chi connectivity index (χ2v) is 5.62. The second-order valence-electron chi connectivity index (χ2n) is 5.25. The molecule has 0 aliphatic rings. The smallest absolute Gasteiger partial charge is 0.233 e. The lowest BCUT2D eigenvalue weighted by atomic mass is 9.93. The largest absolute Gasteiger partial charge is 0.326 e. The number of halogens is 1. The summed E-state index contributed by atoms with van der Waals surface area (Å²) in [4.78, 5) is 11.5. The van der Waals surface area contributed by atoms with Gasteiger partial charge >= 0.3 is 0 Å². The van der Waals surface area contributed by atoms with Crippen molar-refractivity contribution in [3.05, 3.63) is 108 Å². The first kappa shape index (κ1) is 17.9. The molecular weight excluding hydrogens is 318 g/mol. The maximum atomic E-state index is 11.5. The summed E-state index contributed by atoms with van der Waals surface area (Å²) in [6, 6.07) is 29.1. The minimum atomic E-state index is -0.371. The molecule has 0 unspecified atom stereocenters. The molecule has 0 aromatic heterocycles. The maximum absolute atomic E-state index is 11.5. The first-order valence-electron chi connectivity index (χ1n) is 7.75. The number of rotatable bonds is 4. The molecule has 0 amide bonds. The quantitative estimate of drug-likeness (QED) is 0.699. The van der Waals surface area contributed by atoms with Crippen LogP contribution >= 0.6 is 11.6 Å². The van der Waals surface area contributed by atoms with Gasteiger partial charge in [0, 0.05) is 6.54 Å². The highest BCUT2D eigenvalue weighted by atomic mass is 35.5. The molecule has 0 saturated heterocycles. The molecule has 0 spiro atoms. The van der Waals surface area contributed by atoms with Gasteiger partial charge in [0.05, 0.1) is 5.92 Å². The van der Waals surface area contributed by atoms with Crippen LogP contribution in [0.25, 0.3) is 0 Å². The van der Waals surface area contributed by atoms with Crippen molar-refractivity contribution in [2.45, 2.75) is 12.5 Å². The number of nitrogens with two attached hydrogens (primary N) is 1. The third-order valence-electron chi connectivity index (χ3n) is 3.57. The zero-order valence-corrected chi connectivity index (χ0v) is 14.1.